The summed E-state index contributed by atoms with van der Waals surface area (Å²) >= 11 is 17.9. The molecule has 2 aromatic heterocycles. The minimum absolute atomic E-state index is 0.104. The molecule has 1 aliphatic carbocycles. The highest BCUT2D eigenvalue weighted by Crippen LogP contribution is 2.41. The van der Waals surface area contributed by atoms with E-state index in [1.807, 2.05) is 42.5 Å². The zero-order chi connectivity index (χ0) is 39.7. The van der Waals surface area contributed by atoms with Crippen LogP contribution in [0.1, 0.15) is 72.8 Å². The molecule has 2 atom stereocenters. The van der Waals surface area contributed by atoms with Gasteiger partial charge in [0.05, 0.1) is 20.1 Å². The Kier molecular flexibility index (Phi) is 13.5. The number of carbonyl (C=O) groups is 2. The van der Waals surface area contributed by atoms with Gasteiger partial charge in [-0.2, -0.15) is 10.2 Å². The monoisotopic (exact) mass is 865 g/mol. The number of carbonyl (C=O) groups excluding carboxylic acids is 2. The number of aryl methyl sites for hydroxylation is 1. The fourth-order valence-electron chi connectivity index (χ4n) is 7.41. The Morgan fingerprint density at radius 2 is 1.63 bits per heavy atom. The summed E-state index contributed by atoms with van der Waals surface area (Å²) in [7, 11) is 0. The minimum atomic E-state index is 0.104. The summed E-state index contributed by atoms with van der Waals surface area (Å²) < 4.78 is 13.2. The van der Waals surface area contributed by atoms with Crippen molar-refractivity contribution in [1.82, 2.24) is 20.6 Å². The van der Waals surface area contributed by atoms with E-state index in [1.54, 1.807) is 12.3 Å². The molecular formula is C45H42BrCl2N5O4. The average molecular weight is 868 g/mol. The molecule has 2 N–H and O–H groups in total. The van der Waals surface area contributed by atoms with Gasteiger partial charge in [-0.15, -0.1) is 0 Å². The van der Waals surface area contributed by atoms with Crippen LogP contribution in [0.5, 0.6) is 11.8 Å². The van der Waals surface area contributed by atoms with Gasteiger partial charge < -0.3 is 20.1 Å². The number of nitrogens with one attached hydrogen (secondary N) is 2. The minimum Gasteiger partial charge on any atom is -0.472 e. The molecule has 12 heteroatoms. The molecule has 2 fully saturated rings. The van der Waals surface area contributed by atoms with E-state index < -0.39 is 0 Å². The number of nitrogens with zero attached hydrogens (tertiary/aromatic N) is 3. The number of halogens is 3. The first-order valence-electron chi connectivity index (χ1n) is 19.2. The maximum Gasteiger partial charge on any atom is 0.231 e. The SMILES string of the molecule is N#Cc1cncc(COc2nc(OCc3cccc(-c4cccc(-c5ccc(CNC[C@@H]6CCC(=O)C6)cc5)c4Cl)c3Cl)c(Br)cc2CCC[C@@H]2CCC(=O)N2)c1. The van der Waals surface area contributed by atoms with E-state index in [9.17, 15) is 14.9 Å². The molecule has 0 radical (unpaired) electrons. The lowest BCUT2D eigenvalue weighted by Gasteiger charge is -2.17. The summed E-state index contributed by atoms with van der Waals surface area (Å²) in [6.45, 7) is 1.90. The molecule has 3 heterocycles. The van der Waals surface area contributed by atoms with E-state index in [0.717, 1.165) is 77.7 Å². The van der Waals surface area contributed by atoms with Gasteiger partial charge in [0.15, 0.2) is 0 Å². The summed E-state index contributed by atoms with van der Waals surface area (Å²) in [5, 5.41) is 17.0. The number of aromatic nitrogens is 2. The van der Waals surface area contributed by atoms with Crippen molar-refractivity contribution in [3.05, 3.63) is 128 Å². The Bertz CT molecular complexity index is 2300. The number of pyridine rings is 2. The molecule has 0 spiro atoms. The van der Waals surface area contributed by atoms with Crippen LogP contribution in [-0.4, -0.2) is 34.2 Å². The zero-order valence-corrected chi connectivity index (χ0v) is 34.4. The number of benzene rings is 3. The van der Waals surface area contributed by atoms with Gasteiger partial charge in [-0.25, -0.2) is 0 Å². The molecule has 1 saturated carbocycles. The highest BCUT2D eigenvalue weighted by atomic mass is 79.9. The fourth-order valence-corrected chi connectivity index (χ4v) is 8.51. The number of Topliss-reactive ketones (excluding diaryl/α,β-unsaturated/α-hetero) is 1. The molecule has 57 heavy (non-hydrogen) atoms. The lowest BCUT2D eigenvalue weighted by Crippen LogP contribution is -2.25. The van der Waals surface area contributed by atoms with Crippen molar-refractivity contribution in [2.45, 2.75) is 77.2 Å². The van der Waals surface area contributed by atoms with Gasteiger partial charge >= 0.3 is 0 Å². The summed E-state index contributed by atoms with van der Waals surface area (Å²) in [6, 6.07) is 26.1. The van der Waals surface area contributed by atoms with Crippen LogP contribution in [0.2, 0.25) is 10.0 Å². The summed E-state index contributed by atoms with van der Waals surface area (Å²) in [5.41, 5.74) is 7.50. The molecule has 1 saturated heterocycles. The van der Waals surface area contributed by atoms with Crippen LogP contribution in [0.3, 0.4) is 0 Å². The fraction of sp³-hybridized carbons (Fsp3) is 0.311. The normalized spacial score (nSPS) is 16.4. The van der Waals surface area contributed by atoms with Gasteiger partial charge in [0.2, 0.25) is 17.7 Å². The first-order valence-corrected chi connectivity index (χ1v) is 20.8. The van der Waals surface area contributed by atoms with Crippen molar-refractivity contribution in [2.24, 2.45) is 5.92 Å². The van der Waals surface area contributed by atoms with Crippen molar-refractivity contribution in [1.29, 1.82) is 5.26 Å². The van der Waals surface area contributed by atoms with Crippen LogP contribution in [-0.2, 0) is 35.8 Å². The van der Waals surface area contributed by atoms with Gasteiger partial charge in [0.1, 0.15) is 25.1 Å². The van der Waals surface area contributed by atoms with Crippen LogP contribution in [0.15, 0.2) is 89.7 Å². The molecule has 0 unspecified atom stereocenters. The molecule has 7 rings (SSSR count). The Morgan fingerprint density at radius 3 is 2.39 bits per heavy atom. The molecule has 0 bridgehead atoms. The predicted octanol–water partition coefficient (Wildman–Crippen LogP) is 9.97. The number of amides is 1. The molecule has 1 amide bonds. The largest absolute Gasteiger partial charge is 0.472 e. The lowest BCUT2D eigenvalue weighted by atomic mass is 9.97. The van der Waals surface area contributed by atoms with E-state index in [2.05, 4.69) is 61.9 Å². The zero-order valence-electron chi connectivity index (χ0n) is 31.3. The topological polar surface area (TPSA) is 126 Å². The number of hydrogen-bond acceptors (Lipinski definition) is 8. The molecular weight excluding hydrogens is 825 g/mol. The van der Waals surface area contributed by atoms with Crippen molar-refractivity contribution in [3.63, 3.8) is 0 Å². The molecule has 9 nitrogen and oxygen atoms in total. The Morgan fingerprint density at radius 1 is 0.860 bits per heavy atom. The molecule has 5 aromatic rings. The molecule has 2 aliphatic rings. The highest BCUT2D eigenvalue weighted by molar-refractivity contribution is 9.10. The van der Waals surface area contributed by atoms with Crippen LogP contribution in [0.25, 0.3) is 22.3 Å². The van der Waals surface area contributed by atoms with E-state index in [0.29, 0.717) is 69.2 Å². The van der Waals surface area contributed by atoms with Gasteiger partial charge in [-0.05, 0) is 83.8 Å². The van der Waals surface area contributed by atoms with Crippen LogP contribution < -0.4 is 20.1 Å². The second kappa shape index (κ2) is 19.1. The maximum absolute atomic E-state index is 11.7. The number of hydrogen-bond donors (Lipinski definition) is 2. The third-order valence-corrected chi connectivity index (χ3v) is 11.9. The standard InChI is InChI=1S/C45H42BrCl2N5O4/c46-40-20-33(4-1-6-35-15-17-41(55)52-35)44(56-26-31-18-30(21-49)24-51-25-31)53-45(40)57-27-34-5-2-8-38(42(34)47)39-9-3-7-37(43(39)48)32-13-10-28(11-14-32)22-50-23-29-12-16-36(54)19-29/h2-3,5,7-11,13-14,18,20,24-25,29,35,50H,1,4,6,12,15-17,19,22-23,26-27H2,(H,52,55)/t29-,35-/m1/s1. The summed E-state index contributed by atoms with van der Waals surface area (Å²) in [4.78, 5) is 32.3. The average Bonchev–Trinajstić information content (AvgIpc) is 3.84. The Hall–Kier alpha value is -4.79. The number of rotatable bonds is 16. The highest BCUT2D eigenvalue weighted by Gasteiger charge is 2.23. The summed E-state index contributed by atoms with van der Waals surface area (Å²) in [5.74, 6) is 1.67. The smallest absolute Gasteiger partial charge is 0.231 e. The van der Waals surface area contributed by atoms with Crippen molar-refractivity contribution in [3.8, 4) is 40.1 Å². The Labute approximate surface area is 351 Å². The van der Waals surface area contributed by atoms with E-state index in [4.69, 9.17) is 37.7 Å². The quantitative estimate of drug-likeness (QED) is 0.100. The second-order valence-corrected chi connectivity index (χ2v) is 16.2. The summed E-state index contributed by atoms with van der Waals surface area (Å²) in [6.07, 6.45) is 9.33. The number of nitriles is 1. The third kappa shape index (κ3) is 10.4. The van der Waals surface area contributed by atoms with Crippen LogP contribution in [0.4, 0.5) is 0 Å². The first kappa shape index (κ1) is 40.4. The van der Waals surface area contributed by atoms with E-state index >= 15 is 0 Å². The second-order valence-electron chi connectivity index (χ2n) is 14.6. The van der Waals surface area contributed by atoms with Crippen LogP contribution in [0, 0.1) is 17.2 Å². The lowest BCUT2D eigenvalue weighted by molar-refractivity contribution is -0.119. The maximum atomic E-state index is 11.7. The molecule has 292 valence electrons. The van der Waals surface area contributed by atoms with Gasteiger partial charge in [-0.1, -0.05) is 83.9 Å². The predicted molar refractivity (Wildman–Crippen MR) is 225 cm³/mol. The Balaban J connectivity index is 1.05. The van der Waals surface area contributed by atoms with Gasteiger partial charge in [0, 0.05) is 77.6 Å². The first-order chi connectivity index (χ1) is 27.7. The van der Waals surface area contributed by atoms with Crippen molar-refractivity contribution in [2.75, 3.05) is 6.54 Å². The number of ketones is 1. The van der Waals surface area contributed by atoms with Gasteiger partial charge in [0.25, 0.3) is 0 Å². The molecule has 1 aliphatic heterocycles. The molecule has 3 aromatic carbocycles. The van der Waals surface area contributed by atoms with Crippen LogP contribution >= 0.6 is 39.1 Å². The number of ether oxygens (including phenoxy) is 2. The van der Waals surface area contributed by atoms with E-state index in [-0.39, 0.29) is 25.2 Å². The van der Waals surface area contributed by atoms with E-state index in [1.165, 1.54) is 11.8 Å². The third-order valence-electron chi connectivity index (χ3n) is 10.5. The van der Waals surface area contributed by atoms with Crippen molar-refractivity contribution >= 4 is 50.8 Å². The van der Waals surface area contributed by atoms with Gasteiger partial charge in [-0.3, -0.25) is 14.6 Å². The van der Waals surface area contributed by atoms with Crippen molar-refractivity contribution < 1.29 is 19.1 Å².